The van der Waals surface area contributed by atoms with Crippen molar-refractivity contribution in [1.82, 2.24) is 5.32 Å². The standard InChI is InChI=1S/C18H31N/c1-18(2)11-12(3-4-19-18)10-17-15-6-13-5-14(8-15)9-16(17)7-13/h12-17,19H,3-11H2,1-2H3. The molecule has 5 fully saturated rings. The Balaban J connectivity index is 1.43. The van der Waals surface area contributed by atoms with Crippen LogP contribution in [0, 0.1) is 35.5 Å². The highest BCUT2D eigenvalue weighted by Crippen LogP contribution is 2.58. The number of piperidine rings is 1. The molecule has 108 valence electrons. The van der Waals surface area contributed by atoms with Crippen LogP contribution < -0.4 is 5.32 Å². The van der Waals surface area contributed by atoms with Gasteiger partial charge in [0.05, 0.1) is 0 Å². The van der Waals surface area contributed by atoms with E-state index < -0.39 is 0 Å². The molecule has 1 heteroatoms. The molecule has 1 nitrogen and oxygen atoms in total. The summed E-state index contributed by atoms with van der Waals surface area (Å²) in [6.45, 7) is 6.05. The van der Waals surface area contributed by atoms with Crippen LogP contribution in [0.25, 0.3) is 0 Å². The first kappa shape index (κ1) is 12.7. The Morgan fingerprint density at radius 1 is 0.947 bits per heavy atom. The number of nitrogens with one attached hydrogen (secondary N) is 1. The summed E-state index contributed by atoms with van der Waals surface area (Å²) in [6, 6.07) is 0. The van der Waals surface area contributed by atoms with Crippen molar-refractivity contribution in [3.63, 3.8) is 0 Å². The van der Waals surface area contributed by atoms with Gasteiger partial charge in [-0.15, -0.1) is 0 Å². The molecule has 4 bridgehead atoms. The Labute approximate surface area is 118 Å². The quantitative estimate of drug-likeness (QED) is 0.784. The largest absolute Gasteiger partial charge is 0.312 e. The Bertz CT molecular complexity index is 318. The van der Waals surface area contributed by atoms with E-state index in [-0.39, 0.29) is 0 Å². The second kappa shape index (κ2) is 4.48. The average Bonchev–Trinajstić information content (AvgIpc) is 2.31. The van der Waals surface area contributed by atoms with Gasteiger partial charge in [-0.05, 0) is 107 Å². The summed E-state index contributed by atoms with van der Waals surface area (Å²) in [4.78, 5) is 0. The van der Waals surface area contributed by atoms with Gasteiger partial charge in [-0.3, -0.25) is 0 Å². The lowest BCUT2D eigenvalue weighted by molar-refractivity contribution is -0.0489. The van der Waals surface area contributed by atoms with Crippen LogP contribution in [-0.2, 0) is 0 Å². The van der Waals surface area contributed by atoms with Gasteiger partial charge in [-0.25, -0.2) is 0 Å². The molecule has 1 saturated heterocycles. The molecular weight excluding hydrogens is 230 g/mol. The van der Waals surface area contributed by atoms with Crippen LogP contribution in [0.1, 0.15) is 65.2 Å². The highest BCUT2D eigenvalue weighted by atomic mass is 15.0. The molecule has 0 aromatic rings. The minimum absolute atomic E-state index is 0.398. The van der Waals surface area contributed by atoms with Crippen molar-refractivity contribution < 1.29 is 0 Å². The normalized spacial score (nSPS) is 51.5. The minimum atomic E-state index is 0.398. The van der Waals surface area contributed by atoms with Gasteiger partial charge >= 0.3 is 0 Å². The smallest absolute Gasteiger partial charge is 0.0127 e. The second-order valence-corrected chi connectivity index (χ2v) is 9.00. The fourth-order valence-electron chi connectivity index (χ4n) is 6.52. The van der Waals surface area contributed by atoms with Gasteiger partial charge < -0.3 is 5.32 Å². The fraction of sp³-hybridized carbons (Fsp3) is 1.00. The zero-order valence-electron chi connectivity index (χ0n) is 12.8. The molecule has 4 saturated carbocycles. The maximum absolute atomic E-state index is 3.69. The van der Waals surface area contributed by atoms with Gasteiger partial charge in [0.15, 0.2) is 0 Å². The molecule has 1 atom stereocenters. The van der Waals surface area contributed by atoms with Gasteiger partial charge in [0.2, 0.25) is 0 Å². The third-order valence-corrected chi connectivity index (χ3v) is 6.98. The summed E-state index contributed by atoms with van der Waals surface area (Å²) in [6.07, 6.45) is 12.4. The van der Waals surface area contributed by atoms with E-state index in [0.717, 1.165) is 35.5 Å². The van der Waals surface area contributed by atoms with Crippen molar-refractivity contribution in [2.24, 2.45) is 35.5 Å². The summed E-state index contributed by atoms with van der Waals surface area (Å²) in [5, 5.41) is 3.69. The average molecular weight is 261 g/mol. The van der Waals surface area contributed by atoms with Crippen LogP contribution in [0.3, 0.4) is 0 Å². The first-order valence-corrected chi connectivity index (χ1v) is 8.84. The van der Waals surface area contributed by atoms with E-state index in [9.17, 15) is 0 Å². The molecule has 5 rings (SSSR count). The van der Waals surface area contributed by atoms with Crippen LogP contribution in [0.5, 0.6) is 0 Å². The van der Waals surface area contributed by atoms with Crippen molar-refractivity contribution in [2.45, 2.75) is 70.8 Å². The third kappa shape index (κ3) is 2.37. The molecule has 0 radical (unpaired) electrons. The zero-order chi connectivity index (χ0) is 13.0. The lowest BCUT2D eigenvalue weighted by atomic mass is 9.50. The predicted molar refractivity (Wildman–Crippen MR) is 80.0 cm³/mol. The first-order valence-electron chi connectivity index (χ1n) is 8.84. The van der Waals surface area contributed by atoms with E-state index in [1.54, 1.807) is 38.5 Å². The van der Waals surface area contributed by atoms with Crippen molar-refractivity contribution in [3.8, 4) is 0 Å². The molecule has 1 unspecified atom stereocenters. The van der Waals surface area contributed by atoms with Crippen LogP contribution in [0.2, 0.25) is 0 Å². The molecule has 0 spiro atoms. The monoisotopic (exact) mass is 261 g/mol. The lowest BCUT2D eigenvalue weighted by Crippen LogP contribution is -2.49. The fourth-order valence-corrected chi connectivity index (χ4v) is 6.52. The molecule has 1 N–H and O–H groups in total. The highest BCUT2D eigenvalue weighted by molar-refractivity contribution is 4.99. The van der Waals surface area contributed by atoms with Gasteiger partial charge in [0.1, 0.15) is 0 Å². The molecule has 1 aliphatic heterocycles. The Morgan fingerprint density at radius 2 is 1.58 bits per heavy atom. The van der Waals surface area contributed by atoms with E-state index in [4.69, 9.17) is 0 Å². The molecule has 0 aromatic heterocycles. The summed E-state index contributed by atoms with van der Waals surface area (Å²) < 4.78 is 0. The Hall–Kier alpha value is -0.0400. The van der Waals surface area contributed by atoms with Gasteiger partial charge in [0, 0.05) is 5.54 Å². The lowest BCUT2D eigenvalue weighted by Gasteiger charge is -2.55. The molecule has 4 aliphatic carbocycles. The summed E-state index contributed by atoms with van der Waals surface area (Å²) in [5.41, 5.74) is 0.398. The maximum atomic E-state index is 3.69. The van der Waals surface area contributed by atoms with Crippen molar-refractivity contribution in [1.29, 1.82) is 0 Å². The topological polar surface area (TPSA) is 12.0 Å². The number of hydrogen-bond donors (Lipinski definition) is 1. The van der Waals surface area contributed by atoms with Gasteiger partial charge in [-0.1, -0.05) is 0 Å². The molecule has 5 aliphatic rings. The molecule has 0 amide bonds. The minimum Gasteiger partial charge on any atom is -0.312 e. The van der Waals surface area contributed by atoms with Crippen LogP contribution in [0.15, 0.2) is 0 Å². The van der Waals surface area contributed by atoms with Crippen LogP contribution in [-0.4, -0.2) is 12.1 Å². The van der Waals surface area contributed by atoms with Gasteiger partial charge in [-0.2, -0.15) is 0 Å². The van der Waals surface area contributed by atoms with E-state index in [1.807, 2.05) is 0 Å². The zero-order valence-corrected chi connectivity index (χ0v) is 12.8. The van der Waals surface area contributed by atoms with Crippen molar-refractivity contribution in [3.05, 3.63) is 0 Å². The van der Waals surface area contributed by atoms with Crippen molar-refractivity contribution in [2.75, 3.05) is 6.54 Å². The molecular formula is C18H31N. The summed E-state index contributed by atoms with van der Waals surface area (Å²) in [7, 11) is 0. The first-order chi connectivity index (χ1) is 9.09. The molecule has 1 heterocycles. The second-order valence-electron chi connectivity index (χ2n) is 9.00. The summed E-state index contributed by atoms with van der Waals surface area (Å²) >= 11 is 0. The van der Waals surface area contributed by atoms with E-state index in [2.05, 4.69) is 19.2 Å². The Kier molecular flexibility index (Phi) is 2.99. The highest BCUT2D eigenvalue weighted by Gasteiger charge is 2.48. The van der Waals surface area contributed by atoms with Crippen LogP contribution >= 0.6 is 0 Å². The number of rotatable bonds is 2. The predicted octanol–water partition coefficient (Wildman–Crippen LogP) is 4.23. The van der Waals surface area contributed by atoms with E-state index in [1.165, 1.54) is 19.4 Å². The van der Waals surface area contributed by atoms with Crippen LogP contribution in [0.4, 0.5) is 0 Å². The maximum Gasteiger partial charge on any atom is 0.0127 e. The summed E-state index contributed by atoms with van der Waals surface area (Å²) in [5.74, 6) is 6.68. The number of hydrogen-bond acceptors (Lipinski definition) is 1. The van der Waals surface area contributed by atoms with E-state index >= 15 is 0 Å². The molecule has 19 heavy (non-hydrogen) atoms. The molecule has 0 aromatic carbocycles. The third-order valence-electron chi connectivity index (χ3n) is 6.98. The Morgan fingerprint density at radius 3 is 2.16 bits per heavy atom. The van der Waals surface area contributed by atoms with Gasteiger partial charge in [0.25, 0.3) is 0 Å². The SMILES string of the molecule is CC1(C)CC(CC2C3CC4CC(C3)CC2C4)CCN1. The van der Waals surface area contributed by atoms with E-state index in [0.29, 0.717) is 5.54 Å². The van der Waals surface area contributed by atoms with Crippen molar-refractivity contribution >= 4 is 0 Å².